The van der Waals surface area contributed by atoms with Gasteiger partial charge in [-0.05, 0) is 36.1 Å². The second kappa shape index (κ2) is 10.2. The highest BCUT2D eigenvalue weighted by molar-refractivity contribution is 5.79. The maximum Gasteiger partial charge on any atom is 0.190 e. The predicted octanol–water partition coefficient (Wildman–Crippen LogP) is 2.65. The Morgan fingerprint density at radius 2 is 1.48 bits per heavy atom. The lowest BCUT2D eigenvalue weighted by atomic mass is 10.1. The summed E-state index contributed by atoms with van der Waals surface area (Å²) in [6, 6.07) is 16.4. The van der Waals surface area contributed by atoms with Crippen LogP contribution in [0.15, 0.2) is 53.5 Å². The zero-order chi connectivity index (χ0) is 17.9. The Bertz CT molecular complexity index is 672. The Morgan fingerprint density at radius 1 is 0.840 bits per heavy atom. The van der Waals surface area contributed by atoms with E-state index in [9.17, 15) is 0 Å². The maximum atomic E-state index is 5.34. The third-order valence-electron chi connectivity index (χ3n) is 3.93. The van der Waals surface area contributed by atoms with Crippen molar-refractivity contribution in [2.75, 3.05) is 34.4 Å². The van der Waals surface area contributed by atoms with Crippen LogP contribution in [0.3, 0.4) is 0 Å². The normalized spacial score (nSPS) is 11.1. The first-order valence-corrected chi connectivity index (χ1v) is 8.46. The Morgan fingerprint density at radius 3 is 2.08 bits per heavy atom. The van der Waals surface area contributed by atoms with Crippen LogP contribution in [0.1, 0.15) is 11.1 Å². The number of ether oxygens (including phenoxy) is 2. The van der Waals surface area contributed by atoms with Crippen molar-refractivity contribution < 1.29 is 9.47 Å². The van der Waals surface area contributed by atoms with Gasteiger partial charge in [-0.2, -0.15) is 0 Å². The molecule has 2 aromatic carbocycles. The standard InChI is InChI=1S/C20H27N3O2/c1-21-20(22-13-11-16-7-5-4-6-8-16)23-14-12-17-9-10-18(24-2)19(15-17)25-3/h4-10,15H,11-14H2,1-3H3,(H2,21,22,23). The minimum Gasteiger partial charge on any atom is -0.493 e. The zero-order valence-electron chi connectivity index (χ0n) is 15.2. The molecular weight excluding hydrogens is 314 g/mol. The van der Waals surface area contributed by atoms with Crippen molar-refractivity contribution >= 4 is 5.96 Å². The van der Waals surface area contributed by atoms with Crippen molar-refractivity contribution in [3.63, 3.8) is 0 Å². The van der Waals surface area contributed by atoms with Crippen LogP contribution in [0.25, 0.3) is 0 Å². The largest absolute Gasteiger partial charge is 0.493 e. The van der Waals surface area contributed by atoms with Gasteiger partial charge in [-0.25, -0.2) is 0 Å². The van der Waals surface area contributed by atoms with Gasteiger partial charge in [-0.1, -0.05) is 36.4 Å². The second-order valence-corrected chi connectivity index (χ2v) is 5.60. The van der Waals surface area contributed by atoms with Crippen molar-refractivity contribution in [3.8, 4) is 11.5 Å². The SMILES string of the molecule is CN=C(NCCc1ccccc1)NCCc1ccc(OC)c(OC)c1. The van der Waals surface area contributed by atoms with E-state index in [0.29, 0.717) is 0 Å². The molecule has 0 amide bonds. The molecule has 2 rings (SSSR count). The number of methoxy groups -OCH3 is 2. The first-order valence-electron chi connectivity index (χ1n) is 8.46. The molecule has 0 atom stereocenters. The van der Waals surface area contributed by atoms with Crippen LogP contribution in [0.4, 0.5) is 0 Å². The molecule has 0 saturated heterocycles. The molecule has 5 heteroatoms. The van der Waals surface area contributed by atoms with Gasteiger partial charge in [0, 0.05) is 20.1 Å². The fourth-order valence-electron chi connectivity index (χ4n) is 2.55. The van der Waals surface area contributed by atoms with E-state index >= 15 is 0 Å². The molecule has 2 N–H and O–H groups in total. The monoisotopic (exact) mass is 341 g/mol. The van der Waals surface area contributed by atoms with E-state index in [-0.39, 0.29) is 0 Å². The van der Waals surface area contributed by atoms with Gasteiger partial charge in [0.15, 0.2) is 17.5 Å². The quantitative estimate of drug-likeness (QED) is 0.572. The summed E-state index contributed by atoms with van der Waals surface area (Å²) in [4.78, 5) is 4.26. The molecule has 0 radical (unpaired) electrons. The lowest BCUT2D eigenvalue weighted by molar-refractivity contribution is 0.354. The van der Waals surface area contributed by atoms with E-state index in [2.05, 4.69) is 46.0 Å². The van der Waals surface area contributed by atoms with Crippen molar-refractivity contribution in [3.05, 3.63) is 59.7 Å². The Balaban J connectivity index is 1.75. The first kappa shape index (κ1) is 18.6. The topological polar surface area (TPSA) is 54.9 Å². The number of guanidine groups is 1. The second-order valence-electron chi connectivity index (χ2n) is 5.60. The van der Waals surface area contributed by atoms with Gasteiger partial charge in [-0.15, -0.1) is 0 Å². The fraction of sp³-hybridized carbons (Fsp3) is 0.350. The number of hydrogen-bond acceptors (Lipinski definition) is 3. The number of hydrogen-bond donors (Lipinski definition) is 2. The summed E-state index contributed by atoms with van der Waals surface area (Å²) < 4.78 is 10.6. The van der Waals surface area contributed by atoms with Gasteiger partial charge in [0.1, 0.15) is 0 Å². The molecule has 134 valence electrons. The van der Waals surface area contributed by atoms with E-state index in [1.54, 1.807) is 21.3 Å². The average molecular weight is 341 g/mol. The Hall–Kier alpha value is -2.69. The van der Waals surface area contributed by atoms with E-state index < -0.39 is 0 Å². The van der Waals surface area contributed by atoms with Gasteiger partial charge in [0.05, 0.1) is 14.2 Å². The van der Waals surface area contributed by atoms with E-state index in [0.717, 1.165) is 43.4 Å². The van der Waals surface area contributed by atoms with Crippen LogP contribution in [0, 0.1) is 0 Å². The van der Waals surface area contributed by atoms with Gasteiger partial charge in [0.2, 0.25) is 0 Å². The van der Waals surface area contributed by atoms with Gasteiger partial charge < -0.3 is 20.1 Å². The van der Waals surface area contributed by atoms with Crippen LogP contribution in [-0.4, -0.2) is 40.3 Å². The molecule has 0 unspecified atom stereocenters. The Kier molecular flexibility index (Phi) is 7.63. The zero-order valence-corrected chi connectivity index (χ0v) is 15.2. The van der Waals surface area contributed by atoms with Crippen LogP contribution in [0.5, 0.6) is 11.5 Å². The summed E-state index contributed by atoms with van der Waals surface area (Å²) in [5.74, 6) is 2.32. The summed E-state index contributed by atoms with van der Waals surface area (Å²) in [6.07, 6.45) is 1.84. The van der Waals surface area contributed by atoms with Gasteiger partial charge >= 0.3 is 0 Å². The molecule has 25 heavy (non-hydrogen) atoms. The number of rotatable bonds is 8. The molecule has 0 saturated carbocycles. The molecular formula is C20H27N3O2. The number of benzene rings is 2. The number of aliphatic imine (C=N–C) groups is 1. The lowest BCUT2D eigenvalue weighted by Crippen LogP contribution is -2.39. The maximum absolute atomic E-state index is 5.34. The van der Waals surface area contributed by atoms with Gasteiger partial charge in [-0.3, -0.25) is 4.99 Å². The summed E-state index contributed by atoms with van der Waals surface area (Å²) in [5, 5.41) is 6.68. The predicted molar refractivity (Wildman–Crippen MR) is 103 cm³/mol. The van der Waals surface area contributed by atoms with E-state index in [1.165, 1.54) is 11.1 Å². The van der Waals surface area contributed by atoms with Crippen molar-refractivity contribution in [2.45, 2.75) is 12.8 Å². The minimum absolute atomic E-state index is 0.748. The molecule has 2 aromatic rings. The van der Waals surface area contributed by atoms with Crippen LogP contribution in [-0.2, 0) is 12.8 Å². The molecule has 0 fully saturated rings. The third-order valence-corrected chi connectivity index (χ3v) is 3.93. The van der Waals surface area contributed by atoms with Crippen LogP contribution in [0.2, 0.25) is 0 Å². The summed E-state index contributed by atoms with van der Waals surface area (Å²) in [7, 11) is 5.08. The minimum atomic E-state index is 0.748. The summed E-state index contributed by atoms with van der Waals surface area (Å²) in [6.45, 7) is 1.64. The molecule has 0 aliphatic carbocycles. The molecule has 0 aromatic heterocycles. The molecule has 0 spiro atoms. The number of nitrogens with one attached hydrogen (secondary N) is 2. The van der Waals surface area contributed by atoms with Crippen LogP contribution < -0.4 is 20.1 Å². The molecule has 0 bridgehead atoms. The van der Waals surface area contributed by atoms with E-state index in [1.807, 2.05) is 18.2 Å². The summed E-state index contributed by atoms with van der Waals surface area (Å²) in [5.41, 5.74) is 2.50. The highest BCUT2D eigenvalue weighted by Gasteiger charge is 2.05. The smallest absolute Gasteiger partial charge is 0.190 e. The number of nitrogens with zero attached hydrogens (tertiary/aromatic N) is 1. The summed E-state index contributed by atoms with van der Waals surface area (Å²) >= 11 is 0. The van der Waals surface area contributed by atoms with Gasteiger partial charge in [0.25, 0.3) is 0 Å². The Labute approximate surface area is 150 Å². The molecule has 0 heterocycles. The highest BCUT2D eigenvalue weighted by atomic mass is 16.5. The van der Waals surface area contributed by atoms with Crippen molar-refractivity contribution in [1.29, 1.82) is 0 Å². The lowest BCUT2D eigenvalue weighted by Gasteiger charge is -2.13. The molecule has 5 nitrogen and oxygen atoms in total. The van der Waals surface area contributed by atoms with Crippen molar-refractivity contribution in [1.82, 2.24) is 10.6 Å². The fourth-order valence-corrected chi connectivity index (χ4v) is 2.55. The average Bonchev–Trinajstić information content (AvgIpc) is 2.67. The first-order chi connectivity index (χ1) is 12.3. The van der Waals surface area contributed by atoms with Crippen LogP contribution >= 0.6 is 0 Å². The molecule has 0 aliphatic heterocycles. The van der Waals surface area contributed by atoms with E-state index in [4.69, 9.17) is 9.47 Å². The van der Waals surface area contributed by atoms with Crippen molar-refractivity contribution in [2.24, 2.45) is 4.99 Å². The highest BCUT2D eigenvalue weighted by Crippen LogP contribution is 2.27. The third kappa shape index (κ3) is 6.03. The molecule has 0 aliphatic rings.